The first kappa shape index (κ1) is 54.5. The van der Waals surface area contributed by atoms with Gasteiger partial charge in [-0.2, -0.15) is 5.10 Å². The Hall–Kier alpha value is -8.29. The van der Waals surface area contributed by atoms with Crippen molar-refractivity contribution in [3.05, 3.63) is 143 Å². The summed E-state index contributed by atoms with van der Waals surface area (Å²) in [6.45, 7) is 13.2. The van der Waals surface area contributed by atoms with Crippen molar-refractivity contribution in [3.8, 4) is 45.0 Å². The Bertz CT molecular complexity index is 3370. The van der Waals surface area contributed by atoms with Crippen LogP contribution < -0.4 is 30.7 Å². The lowest BCUT2D eigenvalue weighted by Gasteiger charge is -2.21. The summed E-state index contributed by atoms with van der Waals surface area (Å²) in [4.78, 5) is 61.6. The molecule has 17 nitrogen and oxygen atoms in total. The maximum absolute atomic E-state index is 13.6. The molecule has 4 amide bonds. The van der Waals surface area contributed by atoms with Gasteiger partial charge in [-0.05, 0) is 124 Å². The van der Waals surface area contributed by atoms with Crippen molar-refractivity contribution >= 4 is 40.5 Å². The number of fused-ring (bicyclic) bond motifs is 2. The molecule has 1 saturated carbocycles. The predicted molar refractivity (Wildman–Crippen MR) is 289 cm³/mol. The van der Waals surface area contributed by atoms with Gasteiger partial charge in [-0.3, -0.25) is 24.0 Å². The van der Waals surface area contributed by atoms with Crippen molar-refractivity contribution in [3.63, 3.8) is 0 Å². The number of alkyl halides is 2. The summed E-state index contributed by atoms with van der Waals surface area (Å²) in [5, 5.41) is 17.1. The van der Waals surface area contributed by atoms with E-state index in [1.807, 2.05) is 69.9 Å². The number of rotatable bonds is 21. The molecule has 1 aliphatic heterocycles. The van der Waals surface area contributed by atoms with Crippen LogP contribution in [0.5, 0.6) is 11.5 Å². The number of benzene rings is 4. The Labute approximate surface area is 450 Å². The van der Waals surface area contributed by atoms with Crippen molar-refractivity contribution in [1.82, 2.24) is 35.7 Å². The number of nitrogens with one attached hydrogen (secondary N) is 4. The van der Waals surface area contributed by atoms with E-state index in [0.717, 1.165) is 62.0 Å². The van der Waals surface area contributed by atoms with Crippen molar-refractivity contribution in [2.75, 3.05) is 44.8 Å². The molecule has 7 aromatic rings. The predicted octanol–water partition coefficient (Wildman–Crippen LogP) is 9.60. The number of hydrogen-bond acceptors (Lipinski definition) is 12. The monoisotopic (exact) mass is 1060 g/mol. The zero-order valence-corrected chi connectivity index (χ0v) is 44.4. The van der Waals surface area contributed by atoms with E-state index in [4.69, 9.17) is 24.2 Å². The van der Waals surface area contributed by atoms with Crippen LogP contribution in [0.1, 0.15) is 78.8 Å². The van der Waals surface area contributed by atoms with Crippen molar-refractivity contribution < 1.29 is 51.6 Å². The molecule has 1 fully saturated rings. The normalized spacial score (nSPS) is 13.9. The Balaban J connectivity index is 0.697. The van der Waals surface area contributed by atoms with Gasteiger partial charge in [0.1, 0.15) is 18.0 Å². The largest absolute Gasteiger partial charge is 0.586 e. The third kappa shape index (κ3) is 12.9. The van der Waals surface area contributed by atoms with E-state index in [2.05, 4.69) is 79.2 Å². The Kier molecular flexibility index (Phi) is 16.2. The van der Waals surface area contributed by atoms with E-state index >= 15 is 0 Å². The number of aryl methyl sites for hydroxylation is 2. The Morgan fingerprint density at radius 3 is 2.32 bits per heavy atom. The van der Waals surface area contributed by atoms with Gasteiger partial charge in [0, 0.05) is 46.9 Å². The maximum atomic E-state index is 13.6. The highest BCUT2D eigenvalue weighted by Gasteiger charge is 2.53. The van der Waals surface area contributed by atoms with Gasteiger partial charge in [-0.1, -0.05) is 67.1 Å². The minimum absolute atomic E-state index is 0.0896. The quantitative estimate of drug-likeness (QED) is 0.0497. The number of halogens is 2. The highest BCUT2D eigenvalue weighted by molar-refractivity contribution is 6.01. The molecule has 0 bridgehead atoms. The number of carbonyl (C=O) groups excluding carboxylic acids is 4. The number of alkyl carbamates (subject to hydrolysis) is 1. The zero-order valence-electron chi connectivity index (χ0n) is 44.4. The van der Waals surface area contributed by atoms with E-state index in [9.17, 15) is 28.0 Å². The van der Waals surface area contributed by atoms with Gasteiger partial charge < -0.3 is 45.0 Å². The molecular weight excluding hydrogens is 1000 g/mol. The lowest BCUT2D eigenvalue weighted by Crippen LogP contribution is -2.32. The molecule has 4 aromatic carbocycles. The van der Waals surface area contributed by atoms with Gasteiger partial charge in [-0.15, -0.1) is 8.78 Å². The summed E-state index contributed by atoms with van der Waals surface area (Å²) in [6, 6.07) is 29.3. The molecule has 0 saturated heterocycles. The van der Waals surface area contributed by atoms with E-state index in [1.165, 1.54) is 12.1 Å². The summed E-state index contributed by atoms with van der Waals surface area (Å²) in [7, 11) is 0. The number of amides is 4. The van der Waals surface area contributed by atoms with Crippen LogP contribution >= 0.6 is 0 Å². The second-order valence-electron chi connectivity index (χ2n) is 20.3. The molecule has 3 aromatic heterocycles. The zero-order chi connectivity index (χ0) is 55.2. The molecule has 406 valence electrons. The van der Waals surface area contributed by atoms with Crippen LogP contribution in [0.15, 0.2) is 109 Å². The fraction of sp³-hybridized carbons (Fsp3) is 0.339. The summed E-state index contributed by atoms with van der Waals surface area (Å²) >= 11 is 0. The van der Waals surface area contributed by atoms with Crippen LogP contribution in [0.3, 0.4) is 0 Å². The third-order valence-electron chi connectivity index (χ3n) is 13.4. The van der Waals surface area contributed by atoms with Gasteiger partial charge >= 0.3 is 12.4 Å². The summed E-state index contributed by atoms with van der Waals surface area (Å²) in [5.41, 5.74) is 9.32. The van der Waals surface area contributed by atoms with Crippen LogP contribution in [0.2, 0.25) is 0 Å². The summed E-state index contributed by atoms with van der Waals surface area (Å²) < 4.78 is 54.9. The topological polar surface area (TPSA) is 206 Å². The van der Waals surface area contributed by atoms with E-state index in [1.54, 1.807) is 30.3 Å². The molecule has 1 aliphatic carbocycles. The lowest BCUT2D eigenvalue weighted by atomic mass is 9.89. The summed E-state index contributed by atoms with van der Waals surface area (Å²) in [6.07, 6.45) is 1.19. The average molecular weight is 1070 g/mol. The van der Waals surface area contributed by atoms with Crippen LogP contribution in [0.4, 0.5) is 19.4 Å². The van der Waals surface area contributed by atoms with Gasteiger partial charge in [0.05, 0.1) is 61.4 Å². The molecule has 9 rings (SSSR count). The first-order valence-corrected chi connectivity index (χ1v) is 25.9. The second kappa shape index (κ2) is 23.1. The van der Waals surface area contributed by atoms with Crippen molar-refractivity contribution in [2.24, 2.45) is 0 Å². The molecule has 4 heterocycles. The number of aromatic nitrogens is 4. The van der Waals surface area contributed by atoms with Crippen LogP contribution in [-0.2, 0) is 48.7 Å². The fourth-order valence-corrected chi connectivity index (χ4v) is 9.34. The Morgan fingerprint density at radius 2 is 1.55 bits per heavy atom. The van der Waals surface area contributed by atoms with E-state index in [-0.39, 0.29) is 68.7 Å². The second-order valence-corrected chi connectivity index (χ2v) is 20.3. The molecule has 4 N–H and O–H groups in total. The molecule has 0 unspecified atom stereocenters. The smallest absolute Gasteiger partial charge is 0.444 e. The molecular formula is C59H62F2N8O9. The molecule has 2 aliphatic rings. The number of nitrogens with zero attached hydrogens (tertiary/aromatic N) is 4. The highest BCUT2D eigenvalue weighted by Crippen LogP contribution is 2.52. The maximum Gasteiger partial charge on any atom is 0.586 e. The average Bonchev–Trinajstić information content (AvgIpc) is 4.23. The molecule has 19 heteroatoms. The van der Waals surface area contributed by atoms with Crippen molar-refractivity contribution in [1.29, 1.82) is 0 Å². The number of hydrogen-bond donors (Lipinski definition) is 4. The van der Waals surface area contributed by atoms with Gasteiger partial charge in [0.25, 0.3) is 5.91 Å². The van der Waals surface area contributed by atoms with Gasteiger partial charge in [0.2, 0.25) is 11.8 Å². The van der Waals surface area contributed by atoms with Crippen molar-refractivity contribution in [2.45, 2.75) is 91.2 Å². The molecule has 0 spiro atoms. The van der Waals surface area contributed by atoms with Crippen LogP contribution in [0, 0.1) is 13.8 Å². The SMILES string of the molecule is CCc1c(-c2ccc3c(cnn3CCNC(=O)COCCOCCNC(=O)c3cccc(-c4nc(NC(=O)C5(c6ccc7c(c6)OC(F)(F)O7)CC5)ccc4C)c3)c2)cnc(CNC(=O)OC(C)(C)C)c1-c1ccc(C)cc1. The first-order chi connectivity index (χ1) is 37.4. The van der Waals surface area contributed by atoms with E-state index < -0.39 is 23.4 Å². The number of anilines is 1. The minimum atomic E-state index is -3.76. The van der Waals surface area contributed by atoms with Gasteiger partial charge in [0.15, 0.2) is 11.5 Å². The van der Waals surface area contributed by atoms with Crippen LogP contribution in [-0.4, -0.2) is 95.0 Å². The minimum Gasteiger partial charge on any atom is -0.444 e. The Morgan fingerprint density at radius 1 is 0.782 bits per heavy atom. The standard InChI is InChI=1S/C59H62F2N8O9/c1-7-44-45(33-64-46(34-65-56(73)78-57(4,5)6)52(44)38-14-11-36(2)12-15-38)39-16-18-47-42(29-39)32-66-69(47)25-23-62-51(70)35-75-28-27-74-26-24-63-54(71)41-10-8-9-40(30-41)53-37(3)13-20-50(67-53)68-55(72)58(21-22-58)43-17-19-48-49(31-43)77-59(60,61)76-48/h8-20,29-33H,7,21-28,34-35H2,1-6H3,(H,62,70)(H,63,71)(H,65,73)(H,67,68,72). The third-order valence-corrected chi connectivity index (χ3v) is 13.4. The molecule has 0 radical (unpaired) electrons. The molecule has 0 atom stereocenters. The lowest BCUT2D eigenvalue weighted by molar-refractivity contribution is -0.286. The number of carbonyl (C=O) groups is 4. The van der Waals surface area contributed by atoms with E-state index in [0.29, 0.717) is 54.1 Å². The highest BCUT2D eigenvalue weighted by atomic mass is 19.3. The summed E-state index contributed by atoms with van der Waals surface area (Å²) in [5.74, 6) is -0.819. The van der Waals surface area contributed by atoms with Gasteiger partial charge in [-0.25, -0.2) is 9.78 Å². The number of pyridine rings is 2. The van der Waals surface area contributed by atoms with Crippen LogP contribution in [0.25, 0.3) is 44.4 Å². The fourth-order valence-electron chi connectivity index (χ4n) is 9.34. The first-order valence-electron chi connectivity index (χ1n) is 25.9. The number of ether oxygens (including phenoxy) is 5. The molecule has 78 heavy (non-hydrogen) atoms.